The molecule has 0 saturated carbocycles. The maximum Gasteiger partial charge on any atom is 0.231 e. The zero-order chi connectivity index (χ0) is 18.0. The molecule has 134 valence electrons. The van der Waals surface area contributed by atoms with Gasteiger partial charge < -0.3 is 14.2 Å². The van der Waals surface area contributed by atoms with Crippen molar-refractivity contribution in [3.05, 3.63) is 30.2 Å². The second-order valence-electron chi connectivity index (χ2n) is 7.37. The third-order valence-electron chi connectivity index (χ3n) is 4.17. The quantitative estimate of drug-likeness (QED) is 0.848. The Morgan fingerprint density at radius 3 is 2.68 bits per heavy atom. The first-order valence-corrected chi connectivity index (χ1v) is 8.76. The Balaban J connectivity index is 1.68. The minimum absolute atomic E-state index is 0.125. The van der Waals surface area contributed by atoms with Crippen molar-refractivity contribution in [2.24, 2.45) is 0 Å². The summed E-state index contributed by atoms with van der Waals surface area (Å²) >= 11 is 0. The van der Waals surface area contributed by atoms with Crippen LogP contribution in [0, 0.1) is 0 Å². The summed E-state index contributed by atoms with van der Waals surface area (Å²) in [5.41, 5.74) is 0.654. The highest BCUT2D eigenvalue weighted by atomic mass is 16.5. The summed E-state index contributed by atoms with van der Waals surface area (Å²) in [6.07, 6.45) is 1.40. The van der Waals surface area contributed by atoms with Crippen LogP contribution in [0.25, 0.3) is 11.4 Å². The van der Waals surface area contributed by atoms with E-state index >= 15 is 0 Å². The minimum Gasteiger partial charge on any atom is -0.488 e. The molecule has 6 heteroatoms. The summed E-state index contributed by atoms with van der Waals surface area (Å²) in [7, 11) is 0. The molecule has 0 radical (unpaired) electrons. The Labute approximate surface area is 148 Å². The molecule has 2 heterocycles. The molecule has 1 aliphatic rings. The predicted octanol–water partition coefficient (Wildman–Crippen LogP) is 3.64. The largest absolute Gasteiger partial charge is 0.488 e. The molecule has 1 aliphatic heterocycles. The number of hydrogen-bond donors (Lipinski definition) is 0. The molecular formula is C19H25N3O3. The zero-order valence-electron chi connectivity index (χ0n) is 15.3. The van der Waals surface area contributed by atoms with E-state index in [2.05, 4.69) is 10.1 Å². The van der Waals surface area contributed by atoms with Crippen LogP contribution in [0.5, 0.6) is 5.75 Å². The van der Waals surface area contributed by atoms with Gasteiger partial charge in [0.25, 0.3) is 0 Å². The standard InChI is InChI=1S/C19H25N3O3/c1-5-16(23)22-11-10-14(12-22)18-20-17(21-25-18)13-6-8-15(9-7-13)24-19(2,3)4/h6-9,14H,5,10-12H2,1-4H3/t14-/m0/s1. The Morgan fingerprint density at radius 1 is 1.32 bits per heavy atom. The van der Waals surface area contributed by atoms with Crippen molar-refractivity contribution in [3.8, 4) is 17.1 Å². The van der Waals surface area contributed by atoms with Crippen LogP contribution in [0.4, 0.5) is 0 Å². The second-order valence-corrected chi connectivity index (χ2v) is 7.37. The highest BCUT2D eigenvalue weighted by molar-refractivity contribution is 5.76. The molecule has 1 fully saturated rings. The van der Waals surface area contributed by atoms with E-state index in [1.54, 1.807) is 0 Å². The van der Waals surface area contributed by atoms with E-state index in [1.165, 1.54) is 0 Å². The van der Waals surface area contributed by atoms with Gasteiger partial charge in [0.1, 0.15) is 11.4 Å². The van der Waals surface area contributed by atoms with Gasteiger partial charge in [-0.15, -0.1) is 0 Å². The molecule has 1 aromatic heterocycles. The lowest BCUT2D eigenvalue weighted by atomic mass is 10.1. The molecule has 1 amide bonds. The van der Waals surface area contributed by atoms with Gasteiger partial charge in [0.2, 0.25) is 17.6 Å². The summed E-state index contributed by atoms with van der Waals surface area (Å²) in [6, 6.07) is 7.68. The SMILES string of the molecule is CCC(=O)N1CC[C@H](c2nc(-c3ccc(OC(C)(C)C)cc3)no2)C1. The van der Waals surface area contributed by atoms with Gasteiger partial charge in [-0.1, -0.05) is 12.1 Å². The van der Waals surface area contributed by atoms with Crippen LogP contribution in [0.1, 0.15) is 52.3 Å². The average Bonchev–Trinajstić information content (AvgIpc) is 3.22. The highest BCUT2D eigenvalue weighted by Gasteiger charge is 2.30. The normalized spacial score (nSPS) is 17.8. The monoisotopic (exact) mass is 343 g/mol. The van der Waals surface area contributed by atoms with Gasteiger partial charge in [0.15, 0.2) is 0 Å². The van der Waals surface area contributed by atoms with Gasteiger partial charge in [-0.2, -0.15) is 4.98 Å². The van der Waals surface area contributed by atoms with E-state index in [0.29, 0.717) is 24.7 Å². The molecule has 2 aromatic rings. The fraction of sp³-hybridized carbons (Fsp3) is 0.526. The number of carbonyl (C=O) groups is 1. The van der Waals surface area contributed by atoms with Crippen molar-refractivity contribution >= 4 is 5.91 Å². The van der Waals surface area contributed by atoms with Crippen LogP contribution in [0.15, 0.2) is 28.8 Å². The van der Waals surface area contributed by atoms with Crippen molar-refractivity contribution in [2.75, 3.05) is 13.1 Å². The molecule has 1 atom stereocenters. The maximum atomic E-state index is 11.8. The van der Waals surface area contributed by atoms with E-state index < -0.39 is 0 Å². The first kappa shape index (κ1) is 17.5. The Bertz CT molecular complexity index is 731. The van der Waals surface area contributed by atoms with Crippen molar-refractivity contribution in [3.63, 3.8) is 0 Å². The van der Waals surface area contributed by atoms with E-state index in [4.69, 9.17) is 9.26 Å². The average molecular weight is 343 g/mol. The fourth-order valence-electron chi connectivity index (χ4n) is 2.96. The van der Waals surface area contributed by atoms with E-state index in [1.807, 2.05) is 56.9 Å². The summed E-state index contributed by atoms with van der Waals surface area (Å²) in [5, 5.41) is 4.09. The Morgan fingerprint density at radius 2 is 2.04 bits per heavy atom. The number of ether oxygens (including phenoxy) is 1. The van der Waals surface area contributed by atoms with Crippen LogP contribution < -0.4 is 4.74 Å². The van der Waals surface area contributed by atoms with Gasteiger partial charge in [-0.05, 0) is 51.5 Å². The fourth-order valence-corrected chi connectivity index (χ4v) is 2.96. The first-order valence-electron chi connectivity index (χ1n) is 8.76. The van der Waals surface area contributed by atoms with E-state index in [9.17, 15) is 4.79 Å². The van der Waals surface area contributed by atoms with E-state index in [0.717, 1.165) is 24.3 Å². The predicted molar refractivity (Wildman–Crippen MR) is 94.3 cm³/mol. The molecule has 1 saturated heterocycles. The van der Waals surface area contributed by atoms with Gasteiger partial charge in [-0.3, -0.25) is 4.79 Å². The third-order valence-corrected chi connectivity index (χ3v) is 4.17. The first-order chi connectivity index (χ1) is 11.9. The van der Waals surface area contributed by atoms with Gasteiger partial charge in [-0.25, -0.2) is 0 Å². The van der Waals surface area contributed by atoms with Gasteiger partial charge in [0.05, 0.1) is 5.92 Å². The van der Waals surface area contributed by atoms with Crippen molar-refractivity contribution < 1.29 is 14.1 Å². The van der Waals surface area contributed by atoms with Crippen LogP contribution in [0.3, 0.4) is 0 Å². The molecule has 6 nitrogen and oxygen atoms in total. The lowest BCUT2D eigenvalue weighted by Gasteiger charge is -2.21. The van der Waals surface area contributed by atoms with Crippen molar-refractivity contribution in [1.82, 2.24) is 15.0 Å². The van der Waals surface area contributed by atoms with Crippen LogP contribution in [-0.4, -0.2) is 39.6 Å². The summed E-state index contributed by atoms with van der Waals surface area (Å²) in [6.45, 7) is 9.34. The molecule has 1 aromatic carbocycles. The number of nitrogens with zero attached hydrogens (tertiary/aromatic N) is 3. The zero-order valence-corrected chi connectivity index (χ0v) is 15.3. The van der Waals surface area contributed by atoms with Crippen molar-refractivity contribution in [2.45, 2.75) is 52.1 Å². The molecule has 0 aliphatic carbocycles. The molecular weight excluding hydrogens is 318 g/mol. The molecule has 3 rings (SSSR count). The molecule has 0 unspecified atom stereocenters. The summed E-state index contributed by atoms with van der Waals surface area (Å²) in [5.74, 6) is 2.29. The maximum absolute atomic E-state index is 11.8. The lowest BCUT2D eigenvalue weighted by molar-refractivity contribution is -0.129. The van der Waals surface area contributed by atoms with Crippen molar-refractivity contribution in [1.29, 1.82) is 0 Å². The van der Waals surface area contributed by atoms with Crippen LogP contribution in [-0.2, 0) is 4.79 Å². The number of hydrogen-bond acceptors (Lipinski definition) is 5. The van der Waals surface area contributed by atoms with Crippen LogP contribution in [0.2, 0.25) is 0 Å². The van der Waals surface area contributed by atoms with Gasteiger partial charge in [0, 0.05) is 25.1 Å². The highest BCUT2D eigenvalue weighted by Crippen LogP contribution is 2.29. The number of benzene rings is 1. The Kier molecular flexibility index (Phi) is 4.79. The minimum atomic E-state index is -0.231. The molecule has 25 heavy (non-hydrogen) atoms. The van der Waals surface area contributed by atoms with Crippen LogP contribution >= 0.6 is 0 Å². The topological polar surface area (TPSA) is 68.5 Å². The lowest BCUT2D eigenvalue weighted by Crippen LogP contribution is -2.27. The smallest absolute Gasteiger partial charge is 0.231 e. The number of rotatable bonds is 4. The molecule has 0 N–H and O–H groups in total. The molecule has 0 spiro atoms. The molecule has 0 bridgehead atoms. The van der Waals surface area contributed by atoms with Gasteiger partial charge >= 0.3 is 0 Å². The third kappa shape index (κ3) is 4.18. The second kappa shape index (κ2) is 6.86. The number of amides is 1. The number of aromatic nitrogens is 2. The summed E-state index contributed by atoms with van der Waals surface area (Å²) in [4.78, 5) is 18.2. The number of likely N-dealkylation sites (tertiary alicyclic amines) is 1. The summed E-state index contributed by atoms with van der Waals surface area (Å²) < 4.78 is 11.3. The van der Waals surface area contributed by atoms with E-state index in [-0.39, 0.29) is 17.4 Å². The number of carbonyl (C=O) groups excluding carboxylic acids is 1. The Hall–Kier alpha value is -2.37.